The molecule has 1 heterocycles. The van der Waals surface area contributed by atoms with E-state index in [0.29, 0.717) is 31.5 Å². The molecule has 0 aliphatic carbocycles. The van der Waals surface area contributed by atoms with Crippen molar-refractivity contribution in [2.24, 2.45) is 0 Å². The number of amides is 1. The van der Waals surface area contributed by atoms with Crippen LogP contribution >= 0.6 is 0 Å². The van der Waals surface area contributed by atoms with Crippen molar-refractivity contribution in [1.82, 2.24) is 4.90 Å². The van der Waals surface area contributed by atoms with Crippen LogP contribution in [0.25, 0.3) is 0 Å². The van der Waals surface area contributed by atoms with Crippen LogP contribution in [0.15, 0.2) is 24.3 Å². The summed E-state index contributed by atoms with van der Waals surface area (Å²) in [4.78, 5) is 25.2. The first-order valence-electron chi connectivity index (χ1n) is 7.20. The first-order chi connectivity index (χ1) is 9.89. The standard InChI is InChI=1S/C16H21NO4/c1-16(21)7-4-9-17(10-8-16)14(18)11-12-5-2-3-6-13(12)15(19)20/h2-3,5-6,21H,4,7-11H2,1H3,(H,19,20). The normalized spacial score (nSPS) is 22.7. The lowest BCUT2D eigenvalue weighted by Gasteiger charge is -2.23. The number of rotatable bonds is 3. The number of carboxylic acid groups (broad SMARTS) is 1. The van der Waals surface area contributed by atoms with Crippen LogP contribution < -0.4 is 0 Å². The van der Waals surface area contributed by atoms with Gasteiger partial charge in [0.05, 0.1) is 17.6 Å². The van der Waals surface area contributed by atoms with Gasteiger partial charge >= 0.3 is 5.97 Å². The number of aromatic carboxylic acids is 1. The van der Waals surface area contributed by atoms with Crippen LogP contribution in [0.1, 0.15) is 42.1 Å². The number of carboxylic acids is 1. The van der Waals surface area contributed by atoms with Gasteiger partial charge in [0.1, 0.15) is 0 Å². The molecule has 1 atom stereocenters. The molecular weight excluding hydrogens is 270 g/mol. The zero-order valence-corrected chi connectivity index (χ0v) is 12.2. The second-order valence-corrected chi connectivity index (χ2v) is 5.87. The average molecular weight is 291 g/mol. The van der Waals surface area contributed by atoms with Crippen molar-refractivity contribution >= 4 is 11.9 Å². The molecule has 5 nitrogen and oxygen atoms in total. The van der Waals surface area contributed by atoms with E-state index >= 15 is 0 Å². The van der Waals surface area contributed by atoms with Crippen LogP contribution in [0.3, 0.4) is 0 Å². The molecule has 114 valence electrons. The molecule has 21 heavy (non-hydrogen) atoms. The number of carbonyl (C=O) groups excluding carboxylic acids is 1. The Kier molecular flexibility index (Phi) is 4.63. The molecule has 1 fully saturated rings. The van der Waals surface area contributed by atoms with Crippen molar-refractivity contribution in [2.45, 2.75) is 38.2 Å². The summed E-state index contributed by atoms with van der Waals surface area (Å²) in [6.45, 7) is 2.92. The predicted molar refractivity (Wildman–Crippen MR) is 78.2 cm³/mol. The largest absolute Gasteiger partial charge is 0.478 e. The first-order valence-corrected chi connectivity index (χ1v) is 7.20. The van der Waals surface area contributed by atoms with Gasteiger partial charge in [-0.15, -0.1) is 0 Å². The van der Waals surface area contributed by atoms with Crippen LogP contribution in [0.4, 0.5) is 0 Å². The zero-order valence-electron chi connectivity index (χ0n) is 12.2. The van der Waals surface area contributed by atoms with Crippen molar-refractivity contribution in [3.05, 3.63) is 35.4 Å². The second-order valence-electron chi connectivity index (χ2n) is 5.87. The molecule has 1 unspecified atom stereocenters. The SMILES string of the molecule is CC1(O)CCCN(C(=O)Cc2ccccc2C(=O)O)CC1. The monoisotopic (exact) mass is 291 g/mol. The number of carbonyl (C=O) groups is 2. The van der Waals surface area contributed by atoms with E-state index in [4.69, 9.17) is 5.11 Å². The van der Waals surface area contributed by atoms with Gasteiger partial charge in [0, 0.05) is 13.1 Å². The molecule has 2 N–H and O–H groups in total. The van der Waals surface area contributed by atoms with E-state index in [1.807, 2.05) is 0 Å². The van der Waals surface area contributed by atoms with Gasteiger partial charge in [-0.25, -0.2) is 4.79 Å². The fourth-order valence-corrected chi connectivity index (χ4v) is 2.67. The minimum atomic E-state index is -1.02. The molecule has 0 bridgehead atoms. The van der Waals surface area contributed by atoms with Crippen molar-refractivity contribution in [2.75, 3.05) is 13.1 Å². The highest BCUT2D eigenvalue weighted by Crippen LogP contribution is 2.22. The highest BCUT2D eigenvalue weighted by molar-refractivity contribution is 5.91. The van der Waals surface area contributed by atoms with Crippen molar-refractivity contribution in [3.8, 4) is 0 Å². The van der Waals surface area contributed by atoms with Crippen molar-refractivity contribution in [3.63, 3.8) is 0 Å². The van der Waals surface area contributed by atoms with Crippen LogP contribution in [0.2, 0.25) is 0 Å². The number of benzene rings is 1. The number of hydrogen-bond donors (Lipinski definition) is 2. The summed E-state index contributed by atoms with van der Waals surface area (Å²) in [7, 11) is 0. The number of hydrogen-bond acceptors (Lipinski definition) is 3. The Morgan fingerprint density at radius 2 is 1.95 bits per heavy atom. The maximum atomic E-state index is 12.4. The quantitative estimate of drug-likeness (QED) is 0.888. The fraction of sp³-hybridized carbons (Fsp3) is 0.500. The molecule has 5 heteroatoms. The maximum Gasteiger partial charge on any atom is 0.335 e. The van der Waals surface area contributed by atoms with E-state index < -0.39 is 11.6 Å². The fourth-order valence-electron chi connectivity index (χ4n) is 2.67. The molecule has 1 aliphatic rings. The summed E-state index contributed by atoms with van der Waals surface area (Å²) in [6.07, 6.45) is 2.09. The van der Waals surface area contributed by atoms with Gasteiger partial charge in [-0.3, -0.25) is 4.79 Å². The van der Waals surface area contributed by atoms with Gasteiger partial charge in [-0.2, -0.15) is 0 Å². The van der Waals surface area contributed by atoms with E-state index in [-0.39, 0.29) is 17.9 Å². The lowest BCUT2D eigenvalue weighted by molar-refractivity contribution is -0.130. The third-order valence-electron chi connectivity index (χ3n) is 4.01. The average Bonchev–Trinajstić information content (AvgIpc) is 2.60. The van der Waals surface area contributed by atoms with Gasteiger partial charge in [-0.05, 0) is 37.8 Å². The lowest BCUT2D eigenvalue weighted by Crippen LogP contribution is -2.34. The Hall–Kier alpha value is -1.88. The summed E-state index contributed by atoms with van der Waals surface area (Å²) in [5, 5.41) is 19.2. The Morgan fingerprint density at radius 1 is 1.24 bits per heavy atom. The van der Waals surface area contributed by atoms with Crippen molar-refractivity contribution in [1.29, 1.82) is 0 Å². The maximum absolute atomic E-state index is 12.4. The van der Waals surface area contributed by atoms with Crippen LogP contribution in [0.5, 0.6) is 0 Å². The summed E-state index contributed by atoms with van der Waals surface area (Å²) in [5.74, 6) is -1.10. The Balaban J connectivity index is 2.06. The lowest BCUT2D eigenvalue weighted by atomic mass is 9.98. The zero-order chi connectivity index (χ0) is 15.5. The van der Waals surface area contributed by atoms with Crippen LogP contribution in [-0.4, -0.2) is 45.7 Å². The van der Waals surface area contributed by atoms with Gasteiger partial charge in [0.25, 0.3) is 0 Å². The van der Waals surface area contributed by atoms with Crippen molar-refractivity contribution < 1.29 is 19.8 Å². The highest BCUT2D eigenvalue weighted by atomic mass is 16.4. The molecule has 1 saturated heterocycles. The first kappa shape index (κ1) is 15.5. The number of nitrogens with zero attached hydrogens (tertiary/aromatic N) is 1. The molecule has 1 aromatic carbocycles. The summed E-state index contributed by atoms with van der Waals surface area (Å²) >= 11 is 0. The van der Waals surface area contributed by atoms with Gasteiger partial charge in [-0.1, -0.05) is 18.2 Å². The summed E-state index contributed by atoms with van der Waals surface area (Å²) < 4.78 is 0. The van der Waals surface area contributed by atoms with Gasteiger partial charge in [0.15, 0.2) is 0 Å². The second kappa shape index (κ2) is 6.26. The molecule has 1 amide bonds. The molecule has 2 rings (SSSR count). The van der Waals surface area contributed by atoms with Crippen LogP contribution in [0, 0.1) is 0 Å². The van der Waals surface area contributed by atoms with E-state index in [1.54, 1.807) is 30.0 Å². The van der Waals surface area contributed by atoms with E-state index in [1.165, 1.54) is 6.07 Å². The number of aliphatic hydroxyl groups is 1. The molecule has 0 saturated carbocycles. The minimum absolute atomic E-state index is 0.0820. The summed E-state index contributed by atoms with van der Waals surface area (Å²) in [6, 6.07) is 6.58. The smallest absolute Gasteiger partial charge is 0.335 e. The Morgan fingerprint density at radius 3 is 2.67 bits per heavy atom. The molecule has 0 radical (unpaired) electrons. The van der Waals surface area contributed by atoms with E-state index in [9.17, 15) is 14.7 Å². The molecular formula is C16H21NO4. The Labute approximate surface area is 124 Å². The number of likely N-dealkylation sites (tertiary alicyclic amines) is 1. The van der Waals surface area contributed by atoms with E-state index in [2.05, 4.69) is 0 Å². The van der Waals surface area contributed by atoms with Gasteiger partial charge < -0.3 is 15.1 Å². The predicted octanol–water partition coefficient (Wildman–Crippen LogP) is 1.69. The third kappa shape index (κ3) is 4.04. The third-order valence-corrected chi connectivity index (χ3v) is 4.01. The topological polar surface area (TPSA) is 77.8 Å². The summed E-state index contributed by atoms with van der Waals surface area (Å²) in [5.41, 5.74) is -0.00718. The molecule has 1 aromatic rings. The molecule has 0 spiro atoms. The minimum Gasteiger partial charge on any atom is -0.478 e. The van der Waals surface area contributed by atoms with Crippen LogP contribution in [-0.2, 0) is 11.2 Å². The van der Waals surface area contributed by atoms with Gasteiger partial charge in [0.2, 0.25) is 5.91 Å². The molecule has 1 aliphatic heterocycles. The Bertz CT molecular complexity index is 539. The van der Waals surface area contributed by atoms with E-state index in [0.717, 1.165) is 6.42 Å². The highest BCUT2D eigenvalue weighted by Gasteiger charge is 2.27. The molecule has 0 aromatic heterocycles.